The minimum Gasteiger partial charge on any atom is -0.348 e. The maximum absolute atomic E-state index is 12.2. The van der Waals surface area contributed by atoms with Crippen molar-refractivity contribution >= 4 is 29.1 Å². The molecule has 0 aromatic heterocycles. The summed E-state index contributed by atoms with van der Waals surface area (Å²) in [6, 6.07) is 10.9. The summed E-state index contributed by atoms with van der Waals surface area (Å²) in [6.45, 7) is 4.31. The highest BCUT2D eigenvalue weighted by Gasteiger charge is 2.10. The standard InChI is InChI=1S/C16H15Cl2NO/c1-10-4-3-5-14(11(10)2)16(20)19-9-12-6-7-13(17)8-15(12)18/h3-8H,9H2,1-2H3,(H,19,20). The normalized spacial score (nSPS) is 10.4. The Bertz CT molecular complexity index is 653. The molecule has 0 heterocycles. The van der Waals surface area contributed by atoms with E-state index < -0.39 is 0 Å². The summed E-state index contributed by atoms with van der Waals surface area (Å²) in [5, 5.41) is 4.01. The third kappa shape index (κ3) is 3.33. The highest BCUT2D eigenvalue weighted by molar-refractivity contribution is 6.35. The van der Waals surface area contributed by atoms with E-state index in [1.54, 1.807) is 12.1 Å². The van der Waals surface area contributed by atoms with Crippen LogP contribution in [0.2, 0.25) is 10.0 Å². The summed E-state index contributed by atoms with van der Waals surface area (Å²) in [5.74, 6) is -0.0998. The van der Waals surface area contributed by atoms with Crippen LogP contribution in [-0.4, -0.2) is 5.91 Å². The maximum Gasteiger partial charge on any atom is 0.251 e. The predicted octanol–water partition coefficient (Wildman–Crippen LogP) is 4.54. The molecule has 1 amide bonds. The Kier molecular flexibility index (Phi) is 4.69. The molecule has 4 heteroatoms. The number of carbonyl (C=O) groups is 1. The van der Waals surface area contributed by atoms with Crippen molar-refractivity contribution in [1.82, 2.24) is 5.32 Å². The van der Waals surface area contributed by atoms with Gasteiger partial charge >= 0.3 is 0 Å². The molecule has 1 N–H and O–H groups in total. The molecule has 0 unspecified atom stereocenters. The number of amides is 1. The Labute approximate surface area is 128 Å². The van der Waals surface area contributed by atoms with Crippen LogP contribution in [0.3, 0.4) is 0 Å². The summed E-state index contributed by atoms with van der Waals surface area (Å²) in [7, 11) is 0. The smallest absolute Gasteiger partial charge is 0.251 e. The number of benzene rings is 2. The van der Waals surface area contributed by atoms with Crippen molar-refractivity contribution in [3.8, 4) is 0 Å². The van der Waals surface area contributed by atoms with E-state index in [0.29, 0.717) is 22.2 Å². The average Bonchev–Trinajstić information content (AvgIpc) is 2.40. The SMILES string of the molecule is Cc1cccc(C(=O)NCc2ccc(Cl)cc2Cl)c1C. The van der Waals surface area contributed by atoms with Crippen LogP contribution >= 0.6 is 23.2 Å². The number of aryl methyl sites for hydroxylation is 1. The van der Waals surface area contributed by atoms with Crippen molar-refractivity contribution in [3.05, 3.63) is 68.7 Å². The molecule has 20 heavy (non-hydrogen) atoms. The van der Waals surface area contributed by atoms with Gasteiger partial charge in [-0.2, -0.15) is 0 Å². The van der Waals surface area contributed by atoms with E-state index in [1.165, 1.54) is 0 Å². The molecule has 0 aliphatic carbocycles. The molecule has 2 aromatic carbocycles. The summed E-state index contributed by atoms with van der Waals surface area (Å²) >= 11 is 11.9. The average molecular weight is 308 g/mol. The first-order chi connectivity index (χ1) is 9.49. The molecular weight excluding hydrogens is 293 g/mol. The Morgan fingerprint density at radius 1 is 1.15 bits per heavy atom. The lowest BCUT2D eigenvalue weighted by molar-refractivity contribution is 0.0950. The van der Waals surface area contributed by atoms with Crippen molar-refractivity contribution in [2.75, 3.05) is 0 Å². The van der Waals surface area contributed by atoms with Gasteiger partial charge in [0.25, 0.3) is 5.91 Å². The monoisotopic (exact) mass is 307 g/mol. The van der Waals surface area contributed by atoms with Crippen molar-refractivity contribution in [2.24, 2.45) is 0 Å². The number of nitrogens with one attached hydrogen (secondary N) is 1. The highest BCUT2D eigenvalue weighted by Crippen LogP contribution is 2.21. The Morgan fingerprint density at radius 2 is 1.90 bits per heavy atom. The zero-order valence-corrected chi connectivity index (χ0v) is 12.8. The van der Waals surface area contributed by atoms with Gasteiger partial charge in [-0.05, 0) is 48.7 Å². The highest BCUT2D eigenvalue weighted by atomic mass is 35.5. The van der Waals surface area contributed by atoms with Crippen molar-refractivity contribution in [3.63, 3.8) is 0 Å². The third-order valence-corrected chi connectivity index (χ3v) is 3.89. The fraction of sp³-hybridized carbons (Fsp3) is 0.188. The molecular formula is C16H15Cl2NO. The third-order valence-electron chi connectivity index (χ3n) is 3.30. The van der Waals surface area contributed by atoms with E-state index in [1.807, 2.05) is 38.1 Å². The summed E-state index contributed by atoms with van der Waals surface area (Å²) < 4.78 is 0. The Hall–Kier alpha value is -1.51. The molecule has 2 rings (SSSR count). The first-order valence-electron chi connectivity index (χ1n) is 6.27. The van der Waals surface area contributed by atoms with Crippen LogP contribution in [0.15, 0.2) is 36.4 Å². The van der Waals surface area contributed by atoms with Gasteiger partial charge in [-0.15, -0.1) is 0 Å². The number of carbonyl (C=O) groups excluding carboxylic acids is 1. The van der Waals surface area contributed by atoms with Crippen LogP contribution in [0.1, 0.15) is 27.0 Å². The minimum absolute atomic E-state index is 0.0998. The molecule has 0 radical (unpaired) electrons. The molecule has 0 saturated carbocycles. The van der Waals surface area contributed by atoms with Gasteiger partial charge in [-0.3, -0.25) is 4.79 Å². The van der Waals surface area contributed by atoms with E-state index >= 15 is 0 Å². The molecule has 104 valence electrons. The Morgan fingerprint density at radius 3 is 2.60 bits per heavy atom. The fourth-order valence-electron chi connectivity index (χ4n) is 1.93. The van der Waals surface area contributed by atoms with E-state index in [4.69, 9.17) is 23.2 Å². The van der Waals surface area contributed by atoms with Crippen molar-refractivity contribution < 1.29 is 4.79 Å². The van der Waals surface area contributed by atoms with Gasteiger partial charge in [0, 0.05) is 22.2 Å². The summed E-state index contributed by atoms with van der Waals surface area (Å²) in [5.41, 5.74) is 3.62. The van der Waals surface area contributed by atoms with E-state index in [2.05, 4.69) is 5.32 Å². The first-order valence-corrected chi connectivity index (χ1v) is 7.03. The molecule has 0 aliphatic rings. The quantitative estimate of drug-likeness (QED) is 0.886. The van der Waals surface area contributed by atoms with Crippen LogP contribution in [0, 0.1) is 13.8 Å². The molecule has 0 saturated heterocycles. The lowest BCUT2D eigenvalue weighted by atomic mass is 10.0. The lowest BCUT2D eigenvalue weighted by Crippen LogP contribution is -2.24. The van der Waals surface area contributed by atoms with Crippen LogP contribution < -0.4 is 5.32 Å². The largest absolute Gasteiger partial charge is 0.348 e. The molecule has 2 nitrogen and oxygen atoms in total. The number of rotatable bonds is 3. The van der Waals surface area contributed by atoms with Crippen LogP contribution in [-0.2, 0) is 6.54 Å². The predicted molar refractivity (Wildman–Crippen MR) is 83.5 cm³/mol. The van der Waals surface area contributed by atoms with Crippen LogP contribution in [0.25, 0.3) is 0 Å². The van der Waals surface area contributed by atoms with Gasteiger partial charge in [0.05, 0.1) is 0 Å². The zero-order valence-electron chi connectivity index (χ0n) is 11.3. The van der Waals surface area contributed by atoms with Gasteiger partial charge < -0.3 is 5.32 Å². The van der Waals surface area contributed by atoms with Crippen LogP contribution in [0.4, 0.5) is 0 Å². The number of hydrogen-bond donors (Lipinski definition) is 1. The van der Waals surface area contributed by atoms with E-state index in [9.17, 15) is 4.79 Å². The molecule has 0 fully saturated rings. The second kappa shape index (κ2) is 6.29. The van der Waals surface area contributed by atoms with Gasteiger partial charge in [0.2, 0.25) is 0 Å². The molecule has 0 aliphatic heterocycles. The van der Waals surface area contributed by atoms with Gasteiger partial charge in [0.1, 0.15) is 0 Å². The lowest BCUT2D eigenvalue weighted by Gasteiger charge is -2.10. The van der Waals surface area contributed by atoms with Gasteiger partial charge in [-0.1, -0.05) is 41.4 Å². The first kappa shape index (κ1) is 14.9. The van der Waals surface area contributed by atoms with Crippen molar-refractivity contribution in [1.29, 1.82) is 0 Å². The molecule has 0 spiro atoms. The van der Waals surface area contributed by atoms with Gasteiger partial charge in [-0.25, -0.2) is 0 Å². The van der Waals surface area contributed by atoms with E-state index in [-0.39, 0.29) is 5.91 Å². The molecule has 0 atom stereocenters. The van der Waals surface area contributed by atoms with Crippen molar-refractivity contribution in [2.45, 2.75) is 20.4 Å². The number of halogens is 2. The second-order valence-electron chi connectivity index (χ2n) is 4.67. The zero-order chi connectivity index (χ0) is 14.7. The fourth-order valence-corrected chi connectivity index (χ4v) is 2.41. The Balaban J connectivity index is 2.11. The summed E-state index contributed by atoms with van der Waals surface area (Å²) in [4.78, 5) is 12.2. The minimum atomic E-state index is -0.0998. The summed E-state index contributed by atoms with van der Waals surface area (Å²) in [6.07, 6.45) is 0. The van der Waals surface area contributed by atoms with Crippen LogP contribution in [0.5, 0.6) is 0 Å². The maximum atomic E-state index is 12.2. The van der Waals surface area contributed by atoms with Gasteiger partial charge in [0.15, 0.2) is 0 Å². The second-order valence-corrected chi connectivity index (χ2v) is 5.51. The number of hydrogen-bond acceptors (Lipinski definition) is 1. The molecule has 0 bridgehead atoms. The van der Waals surface area contributed by atoms with E-state index in [0.717, 1.165) is 16.7 Å². The topological polar surface area (TPSA) is 29.1 Å². The molecule has 2 aromatic rings.